The van der Waals surface area contributed by atoms with Crippen molar-refractivity contribution in [2.45, 2.75) is 0 Å². The molecule has 2 aromatic heterocycles. The number of hydrogen-bond donors (Lipinski definition) is 0. The number of nitrogens with zero attached hydrogens (tertiary/aromatic N) is 2. The summed E-state index contributed by atoms with van der Waals surface area (Å²) in [5, 5.41) is 7.16. The molecule has 2 nitrogen and oxygen atoms in total. The molecule has 0 aliphatic heterocycles. The normalized spacial score (nSPS) is 11.7. The number of fused-ring (bicyclic) bond motifs is 9. The fourth-order valence-electron chi connectivity index (χ4n) is 7.37. The molecule has 0 spiro atoms. The lowest BCUT2D eigenvalue weighted by Crippen LogP contribution is -1.94. The summed E-state index contributed by atoms with van der Waals surface area (Å²) in [6.07, 6.45) is 1.96. The predicted octanol–water partition coefficient (Wildman–Crippen LogP) is 13.0. The van der Waals surface area contributed by atoms with Crippen LogP contribution in [0.2, 0.25) is 0 Å². The maximum atomic E-state index is 5.46. The summed E-state index contributed by atoms with van der Waals surface area (Å²) in [5.74, 6) is 0. The highest BCUT2D eigenvalue weighted by molar-refractivity contribution is 7.26. The van der Waals surface area contributed by atoms with Crippen LogP contribution in [0.25, 0.3) is 97.4 Å². The fourth-order valence-corrected chi connectivity index (χ4v) is 8.60. The first kappa shape index (κ1) is 27.9. The van der Waals surface area contributed by atoms with Crippen LogP contribution in [-0.2, 0) is 0 Å². The summed E-state index contributed by atoms with van der Waals surface area (Å²) in [6, 6.07) is 58.7. The molecule has 8 aromatic carbocycles. The zero-order valence-corrected chi connectivity index (χ0v) is 27.3. The molecule has 0 fully saturated rings. The van der Waals surface area contributed by atoms with Crippen molar-refractivity contribution in [1.82, 2.24) is 9.97 Å². The van der Waals surface area contributed by atoms with Crippen LogP contribution in [0.15, 0.2) is 170 Å². The second kappa shape index (κ2) is 11.2. The lowest BCUT2D eigenvalue weighted by molar-refractivity contribution is 1.31. The minimum absolute atomic E-state index is 0.870. The van der Waals surface area contributed by atoms with Gasteiger partial charge in [0.25, 0.3) is 0 Å². The third-order valence-corrected chi connectivity index (χ3v) is 10.9. The standard InChI is InChI=1S/C46H28N2S/c1-3-12-29(13-4-1)31-22-24-36-40(26-31)41-27-32(30-14-5-2-6-15-30)23-25-37(41)45-44(36)47-28-42(48-45)34-17-8-7-16-33(34)38-19-11-20-39-35-18-9-10-21-43(35)49-46(38)39/h1-28H. The quantitative estimate of drug-likeness (QED) is 0.179. The molecule has 0 atom stereocenters. The molecule has 228 valence electrons. The van der Waals surface area contributed by atoms with E-state index in [0.717, 1.165) is 38.6 Å². The van der Waals surface area contributed by atoms with Gasteiger partial charge in [0, 0.05) is 42.1 Å². The van der Waals surface area contributed by atoms with Gasteiger partial charge in [0.05, 0.1) is 22.9 Å². The highest BCUT2D eigenvalue weighted by atomic mass is 32.1. The average molecular weight is 641 g/mol. The summed E-state index contributed by atoms with van der Waals surface area (Å²) in [6.45, 7) is 0. The Hall–Kier alpha value is -6.16. The molecular formula is C46H28N2S. The van der Waals surface area contributed by atoms with Gasteiger partial charge in [0.2, 0.25) is 0 Å². The van der Waals surface area contributed by atoms with E-state index in [4.69, 9.17) is 9.97 Å². The molecule has 0 aliphatic rings. The van der Waals surface area contributed by atoms with Gasteiger partial charge in [-0.25, -0.2) is 4.98 Å². The molecule has 0 saturated heterocycles. The Kier molecular flexibility index (Phi) is 6.39. The minimum Gasteiger partial charge on any atom is -0.252 e. The van der Waals surface area contributed by atoms with Gasteiger partial charge < -0.3 is 0 Å². The highest BCUT2D eigenvalue weighted by Gasteiger charge is 2.18. The van der Waals surface area contributed by atoms with Gasteiger partial charge in [-0.15, -0.1) is 11.3 Å². The molecule has 0 bridgehead atoms. The van der Waals surface area contributed by atoms with Gasteiger partial charge in [-0.05, 0) is 56.8 Å². The van der Waals surface area contributed by atoms with Crippen molar-refractivity contribution in [3.63, 3.8) is 0 Å². The van der Waals surface area contributed by atoms with Crippen LogP contribution < -0.4 is 0 Å². The van der Waals surface area contributed by atoms with Crippen LogP contribution >= 0.6 is 11.3 Å². The third-order valence-electron chi connectivity index (χ3n) is 9.72. The topological polar surface area (TPSA) is 25.8 Å². The zero-order valence-electron chi connectivity index (χ0n) is 26.5. The average Bonchev–Trinajstić information content (AvgIpc) is 3.57. The van der Waals surface area contributed by atoms with E-state index in [1.54, 1.807) is 0 Å². The molecule has 0 unspecified atom stereocenters. The van der Waals surface area contributed by atoms with Gasteiger partial charge in [-0.3, -0.25) is 4.98 Å². The van der Waals surface area contributed by atoms with E-state index >= 15 is 0 Å². The Bertz CT molecular complexity index is 2870. The van der Waals surface area contributed by atoms with Gasteiger partial charge in [0.15, 0.2) is 0 Å². The predicted molar refractivity (Wildman–Crippen MR) is 209 cm³/mol. The van der Waals surface area contributed by atoms with Crippen molar-refractivity contribution in [2.24, 2.45) is 0 Å². The van der Waals surface area contributed by atoms with E-state index in [0.29, 0.717) is 0 Å². The van der Waals surface area contributed by atoms with Crippen LogP contribution in [-0.4, -0.2) is 9.97 Å². The Balaban J connectivity index is 1.22. The van der Waals surface area contributed by atoms with Gasteiger partial charge >= 0.3 is 0 Å². The van der Waals surface area contributed by atoms with Gasteiger partial charge in [-0.1, -0.05) is 146 Å². The zero-order chi connectivity index (χ0) is 32.3. The first-order valence-electron chi connectivity index (χ1n) is 16.6. The summed E-state index contributed by atoms with van der Waals surface area (Å²) >= 11 is 1.86. The maximum absolute atomic E-state index is 5.46. The SMILES string of the molecule is c1ccc(-c2ccc3c(c2)c2cc(-c4ccccc4)ccc2c2nc(-c4ccccc4-c4cccc5c4sc4ccccc45)cnc32)cc1. The maximum Gasteiger partial charge on any atom is 0.0979 e. The van der Waals surface area contributed by atoms with E-state index in [2.05, 4.69) is 164 Å². The van der Waals surface area contributed by atoms with Crippen molar-refractivity contribution < 1.29 is 0 Å². The van der Waals surface area contributed by atoms with Crippen molar-refractivity contribution in [1.29, 1.82) is 0 Å². The molecule has 10 rings (SSSR count). The number of benzene rings is 8. The Morgan fingerprint density at radius 3 is 1.65 bits per heavy atom. The third kappa shape index (κ3) is 4.55. The summed E-state index contributed by atoms with van der Waals surface area (Å²) < 4.78 is 2.60. The van der Waals surface area contributed by atoms with Crippen molar-refractivity contribution in [2.75, 3.05) is 0 Å². The Labute approximate surface area is 287 Å². The second-order valence-corrected chi connectivity index (χ2v) is 13.6. The molecule has 0 amide bonds. The van der Waals surface area contributed by atoms with Gasteiger partial charge in [-0.2, -0.15) is 0 Å². The largest absolute Gasteiger partial charge is 0.252 e. The first-order chi connectivity index (χ1) is 24.3. The Morgan fingerprint density at radius 1 is 0.367 bits per heavy atom. The van der Waals surface area contributed by atoms with Crippen LogP contribution in [0.5, 0.6) is 0 Å². The van der Waals surface area contributed by atoms with E-state index in [1.807, 2.05) is 17.5 Å². The van der Waals surface area contributed by atoms with E-state index in [9.17, 15) is 0 Å². The Morgan fingerprint density at radius 2 is 0.939 bits per heavy atom. The molecule has 0 aliphatic carbocycles. The number of thiophene rings is 1. The lowest BCUT2D eigenvalue weighted by Gasteiger charge is -2.15. The van der Waals surface area contributed by atoms with Crippen molar-refractivity contribution in [3.8, 4) is 44.6 Å². The molecule has 10 aromatic rings. The summed E-state index contributed by atoms with van der Waals surface area (Å²) in [4.78, 5) is 10.6. The summed E-state index contributed by atoms with van der Waals surface area (Å²) in [7, 11) is 0. The molecule has 3 heteroatoms. The number of hydrogen-bond acceptors (Lipinski definition) is 3. The molecular weight excluding hydrogens is 613 g/mol. The fraction of sp³-hybridized carbons (Fsp3) is 0. The molecule has 49 heavy (non-hydrogen) atoms. The number of rotatable bonds is 4. The highest BCUT2D eigenvalue weighted by Crippen LogP contribution is 2.43. The van der Waals surface area contributed by atoms with Crippen LogP contribution in [0.4, 0.5) is 0 Å². The lowest BCUT2D eigenvalue weighted by atomic mass is 9.93. The van der Waals surface area contributed by atoms with E-state index in [1.165, 1.54) is 58.8 Å². The van der Waals surface area contributed by atoms with Crippen molar-refractivity contribution in [3.05, 3.63) is 170 Å². The van der Waals surface area contributed by atoms with Crippen LogP contribution in [0.3, 0.4) is 0 Å². The molecule has 0 saturated carbocycles. The van der Waals surface area contributed by atoms with E-state index in [-0.39, 0.29) is 0 Å². The van der Waals surface area contributed by atoms with Crippen LogP contribution in [0.1, 0.15) is 0 Å². The van der Waals surface area contributed by atoms with Gasteiger partial charge in [0.1, 0.15) is 0 Å². The van der Waals surface area contributed by atoms with Crippen LogP contribution in [0, 0.1) is 0 Å². The summed E-state index contributed by atoms with van der Waals surface area (Å²) in [5.41, 5.74) is 10.9. The number of aromatic nitrogens is 2. The molecule has 2 heterocycles. The monoisotopic (exact) mass is 640 g/mol. The smallest absolute Gasteiger partial charge is 0.0979 e. The molecule has 0 radical (unpaired) electrons. The first-order valence-corrected chi connectivity index (χ1v) is 17.4. The van der Waals surface area contributed by atoms with Crippen molar-refractivity contribution >= 4 is 64.1 Å². The minimum atomic E-state index is 0.870. The molecule has 0 N–H and O–H groups in total. The second-order valence-electron chi connectivity index (χ2n) is 12.5. The van der Waals surface area contributed by atoms with E-state index < -0.39 is 0 Å².